The fourth-order valence-electron chi connectivity index (χ4n) is 2.93. The van der Waals surface area contributed by atoms with E-state index in [-0.39, 0.29) is 6.10 Å². The molecule has 106 valence electrons. The van der Waals surface area contributed by atoms with E-state index >= 15 is 0 Å². The highest BCUT2D eigenvalue weighted by Gasteiger charge is 2.22. The fraction of sp³-hybridized carbons (Fsp3) is 0.625. The number of hydrogen-bond donors (Lipinski definition) is 1. The lowest BCUT2D eigenvalue weighted by Gasteiger charge is -2.35. The van der Waals surface area contributed by atoms with Gasteiger partial charge in [-0.2, -0.15) is 0 Å². The number of nitrogens with zero attached hydrogens (tertiary/aromatic N) is 1. The van der Waals surface area contributed by atoms with Gasteiger partial charge in [-0.05, 0) is 31.2 Å². The van der Waals surface area contributed by atoms with Crippen LogP contribution >= 0.6 is 0 Å². The molecule has 0 spiro atoms. The molecule has 1 aromatic rings. The van der Waals surface area contributed by atoms with Crippen LogP contribution in [0.1, 0.15) is 37.9 Å². The zero-order valence-electron chi connectivity index (χ0n) is 12.0. The van der Waals surface area contributed by atoms with Crippen molar-refractivity contribution in [1.82, 2.24) is 0 Å². The summed E-state index contributed by atoms with van der Waals surface area (Å²) in [5.74, 6) is 0.602. The molecule has 3 nitrogen and oxygen atoms in total. The Kier molecular flexibility index (Phi) is 5.23. The summed E-state index contributed by atoms with van der Waals surface area (Å²) in [7, 11) is 1.77. The quantitative estimate of drug-likeness (QED) is 0.886. The summed E-state index contributed by atoms with van der Waals surface area (Å²) >= 11 is 0. The maximum Gasteiger partial charge on any atom is 0.0807 e. The molecule has 0 bridgehead atoms. The van der Waals surface area contributed by atoms with Gasteiger partial charge in [0, 0.05) is 31.5 Å². The molecule has 1 aliphatic heterocycles. The van der Waals surface area contributed by atoms with Crippen LogP contribution in [-0.2, 0) is 4.74 Å². The van der Waals surface area contributed by atoms with Crippen molar-refractivity contribution in [3.8, 4) is 0 Å². The van der Waals surface area contributed by atoms with E-state index < -0.39 is 0 Å². The molecule has 3 heteroatoms. The van der Waals surface area contributed by atoms with Crippen LogP contribution in [0.2, 0.25) is 0 Å². The van der Waals surface area contributed by atoms with Gasteiger partial charge in [0.2, 0.25) is 0 Å². The van der Waals surface area contributed by atoms with E-state index in [1.54, 1.807) is 7.11 Å². The fourth-order valence-corrected chi connectivity index (χ4v) is 2.93. The lowest BCUT2D eigenvalue weighted by atomic mass is 9.96. The summed E-state index contributed by atoms with van der Waals surface area (Å²) in [6.45, 7) is 4.95. The van der Waals surface area contributed by atoms with Crippen LogP contribution in [0.25, 0.3) is 0 Å². The van der Waals surface area contributed by atoms with Crippen molar-refractivity contribution in [3.63, 3.8) is 0 Å². The van der Waals surface area contributed by atoms with Crippen molar-refractivity contribution < 1.29 is 9.84 Å². The number of ether oxygens (including phenoxy) is 1. The summed E-state index contributed by atoms with van der Waals surface area (Å²) in [6.07, 6.45) is 2.83. The number of benzene rings is 1. The van der Waals surface area contributed by atoms with Crippen molar-refractivity contribution >= 4 is 5.69 Å². The standard InChI is InChI=1S/C16H25NO2/c1-3-16(18)14-8-4-5-9-15(14)17-10-6-7-13(11-17)12-19-2/h4-5,8-9,13,16,18H,3,6-7,10-12H2,1-2H3/t13?,16-/m0/s1. The number of anilines is 1. The Morgan fingerprint density at radius 2 is 2.21 bits per heavy atom. The molecule has 0 aliphatic carbocycles. The van der Waals surface area contributed by atoms with E-state index in [0.717, 1.165) is 31.7 Å². The third kappa shape index (κ3) is 3.48. The first-order chi connectivity index (χ1) is 9.26. The molecule has 1 saturated heterocycles. The van der Waals surface area contributed by atoms with Gasteiger partial charge in [-0.3, -0.25) is 0 Å². The zero-order valence-corrected chi connectivity index (χ0v) is 12.0. The monoisotopic (exact) mass is 263 g/mol. The molecule has 1 unspecified atom stereocenters. The molecule has 0 radical (unpaired) electrons. The summed E-state index contributed by atoms with van der Waals surface area (Å²) in [6, 6.07) is 8.24. The third-order valence-electron chi connectivity index (χ3n) is 3.94. The Morgan fingerprint density at radius 1 is 1.42 bits per heavy atom. The first-order valence-corrected chi connectivity index (χ1v) is 7.27. The van der Waals surface area contributed by atoms with Gasteiger partial charge < -0.3 is 14.7 Å². The second-order valence-corrected chi connectivity index (χ2v) is 5.39. The van der Waals surface area contributed by atoms with E-state index in [0.29, 0.717) is 5.92 Å². The predicted molar refractivity (Wildman–Crippen MR) is 78.5 cm³/mol. The van der Waals surface area contributed by atoms with E-state index in [9.17, 15) is 5.11 Å². The Bertz CT molecular complexity index is 392. The average molecular weight is 263 g/mol. The molecule has 1 aromatic carbocycles. The number of rotatable bonds is 5. The van der Waals surface area contributed by atoms with Crippen LogP contribution in [0.3, 0.4) is 0 Å². The molecule has 0 aromatic heterocycles. The van der Waals surface area contributed by atoms with E-state index in [2.05, 4.69) is 17.0 Å². The summed E-state index contributed by atoms with van der Waals surface area (Å²) in [5, 5.41) is 10.2. The SMILES string of the molecule is CC[C@H](O)c1ccccc1N1CCCC(COC)C1. The Balaban J connectivity index is 2.16. The highest BCUT2D eigenvalue weighted by atomic mass is 16.5. The van der Waals surface area contributed by atoms with Crippen LogP contribution in [-0.4, -0.2) is 31.9 Å². The van der Waals surface area contributed by atoms with Crippen molar-refractivity contribution in [3.05, 3.63) is 29.8 Å². The van der Waals surface area contributed by atoms with Crippen LogP contribution in [0, 0.1) is 5.92 Å². The highest BCUT2D eigenvalue weighted by molar-refractivity contribution is 5.55. The van der Waals surface area contributed by atoms with E-state index in [4.69, 9.17) is 4.74 Å². The number of para-hydroxylation sites is 1. The van der Waals surface area contributed by atoms with Gasteiger partial charge in [0.05, 0.1) is 12.7 Å². The minimum atomic E-state index is -0.362. The molecule has 1 fully saturated rings. The maximum atomic E-state index is 10.2. The number of piperidine rings is 1. The first kappa shape index (κ1) is 14.4. The second kappa shape index (κ2) is 6.92. The minimum absolute atomic E-state index is 0.362. The van der Waals surface area contributed by atoms with Gasteiger partial charge in [0.25, 0.3) is 0 Å². The van der Waals surface area contributed by atoms with Crippen molar-refractivity contribution in [2.45, 2.75) is 32.3 Å². The molecule has 2 rings (SSSR count). The van der Waals surface area contributed by atoms with Crippen molar-refractivity contribution in [2.24, 2.45) is 5.92 Å². The molecule has 0 amide bonds. The summed E-state index contributed by atoms with van der Waals surface area (Å²) in [5.41, 5.74) is 2.25. The van der Waals surface area contributed by atoms with Crippen LogP contribution in [0.4, 0.5) is 5.69 Å². The molecular formula is C16H25NO2. The summed E-state index contributed by atoms with van der Waals surface area (Å²) in [4.78, 5) is 2.40. The largest absolute Gasteiger partial charge is 0.388 e. The Labute approximate surface area is 116 Å². The molecule has 1 aliphatic rings. The Morgan fingerprint density at radius 3 is 2.95 bits per heavy atom. The van der Waals surface area contributed by atoms with Gasteiger partial charge in [0.15, 0.2) is 0 Å². The molecular weight excluding hydrogens is 238 g/mol. The topological polar surface area (TPSA) is 32.7 Å². The summed E-state index contributed by atoms with van der Waals surface area (Å²) < 4.78 is 5.29. The van der Waals surface area contributed by atoms with Crippen LogP contribution in [0.15, 0.2) is 24.3 Å². The zero-order chi connectivity index (χ0) is 13.7. The van der Waals surface area contributed by atoms with E-state index in [1.165, 1.54) is 18.5 Å². The van der Waals surface area contributed by atoms with Crippen LogP contribution in [0.5, 0.6) is 0 Å². The molecule has 19 heavy (non-hydrogen) atoms. The highest BCUT2D eigenvalue weighted by Crippen LogP contribution is 2.31. The predicted octanol–water partition coefficient (Wildman–Crippen LogP) is 2.99. The smallest absolute Gasteiger partial charge is 0.0807 e. The lowest BCUT2D eigenvalue weighted by molar-refractivity contribution is 0.142. The Hall–Kier alpha value is -1.06. The second-order valence-electron chi connectivity index (χ2n) is 5.39. The van der Waals surface area contributed by atoms with Gasteiger partial charge in [-0.1, -0.05) is 25.1 Å². The van der Waals surface area contributed by atoms with Gasteiger partial charge in [-0.25, -0.2) is 0 Å². The number of aliphatic hydroxyl groups is 1. The van der Waals surface area contributed by atoms with Crippen LogP contribution < -0.4 is 4.90 Å². The first-order valence-electron chi connectivity index (χ1n) is 7.27. The number of hydrogen-bond acceptors (Lipinski definition) is 3. The molecule has 2 atom stereocenters. The van der Waals surface area contributed by atoms with Gasteiger partial charge in [-0.15, -0.1) is 0 Å². The third-order valence-corrected chi connectivity index (χ3v) is 3.94. The van der Waals surface area contributed by atoms with Gasteiger partial charge in [0.1, 0.15) is 0 Å². The lowest BCUT2D eigenvalue weighted by Crippen LogP contribution is -2.37. The average Bonchev–Trinajstić information content (AvgIpc) is 2.47. The molecule has 1 heterocycles. The minimum Gasteiger partial charge on any atom is -0.388 e. The molecule has 1 N–H and O–H groups in total. The van der Waals surface area contributed by atoms with E-state index in [1.807, 2.05) is 19.1 Å². The number of methoxy groups -OCH3 is 1. The molecule has 0 saturated carbocycles. The number of aliphatic hydroxyl groups excluding tert-OH is 1. The van der Waals surface area contributed by atoms with Crippen molar-refractivity contribution in [2.75, 3.05) is 31.7 Å². The van der Waals surface area contributed by atoms with Gasteiger partial charge >= 0.3 is 0 Å². The van der Waals surface area contributed by atoms with Crippen molar-refractivity contribution in [1.29, 1.82) is 0 Å². The normalized spacial score (nSPS) is 21.4. The maximum absolute atomic E-state index is 10.2.